The van der Waals surface area contributed by atoms with Crippen molar-refractivity contribution in [1.29, 1.82) is 0 Å². The largest absolute Gasteiger partial charge is 0.310 e. The van der Waals surface area contributed by atoms with E-state index in [9.17, 15) is 4.39 Å². The third-order valence-electron chi connectivity index (χ3n) is 2.31. The van der Waals surface area contributed by atoms with Crippen LogP contribution in [0.5, 0.6) is 0 Å². The van der Waals surface area contributed by atoms with Crippen molar-refractivity contribution >= 4 is 0 Å². The molecule has 1 aromatic rings. The minimum atomic E-state index is -0.166. The van der Waals surface area contributed by atoms with E-state index < -0.39 is 0 Å². The molecule has 0 heterocycles. The molecule has 1 aromatic carbocycles. The predicted octanol–water partition coefficient (Wildman–Crippen LogP) is 2.89. The fourth-order valence-corrected chi connectivity index (χ4v) is 1.60. The highest BCUT2D eigenvalue weighted by Crippen LogP contribution is 2.20. The average Bonchev–Trinajstić information content (AvgIpc) is 2.25. The maximum atomic E-state index is 13.5. The summed E-state index contributed by atoms with van der Waals surface area (Å²) in [6, 6.07) is 6.85. The molecule has 80 valence electrons. The maximum Gasteiger partial charge on any atom is 0.127 e. The van der Waals surface area contributed by atoms with Crippen molar-refractivity contribution in [2.45, 2.75) is 25.8 Å². The lowest BCUT2D eigenvalue weighted by atomic mass is 10.0. The summed E-state index contributed by atoms with van der Waals surface area (Å²) < 4.78 is 13.5. The Hall–Kier alpha value is -1.33. The normalized spacial score (nSPS) is 12.1. The molecule has 1 N–H and O–H groups in total. The Balaban J connectivity index is 2.79. The fraction of sp³-hybridized carbons (Fsp3) is 0.385. The summed E-state index contributed by atoms with van der Waals surface area (Å²) in [5.74, 6) is 2.42. The summed E-state index contributed by atoms with van der Waals surface area (Å²) in [5, 5.41) is 3.24. The summed E-state index contributed by atoms with van der Waals surface area (Å²) in [7, 11) is 0. The molecule has 0 fully saturated rings. The molecule has 1 nitrogen and oxygen atoms in total. The van der Waals surface area contributed by atoms with Crippen molar-refractivity contribution in [2.24, 2.45) is 0 Å². The van der Waals surface area contributed by atoms with Crippen LogP contribution in [0.2, 0.25) is 0 Å². The number of hydrogen-bond donors (Lipinski definition) is 1. The van der Waals surface area contributed by atoms with Gasteiger partial charge in [-0.15, -0.1) is 12.3 Å². The monoisotopic (exact) mass is 205 g/mol. The van der Waals surface area contributed by atoms with Crippen molar-refractivity contribution in [3.05, 3.63) is 35.6 Å². The molecule has 0 radical (unpaired) electrons. The molecule has 0 aromatic heterocycles. The van der Waals surface area contributed by atoms with Crippen LogP contribution in [-0.4, -0.2) is 6.54 Å². The first-order valence-corrected chi connectivity index (χ1v) is 5.20. The molecule has 1 unspecified atom stereocenters. The van der Waals surface area contributed by atoms with E-state index in [4.69, 9.17) is 6.42 Å². The second kappa shape index (κ2) is 6.21. The van der Waals surface area contributed by atoms with Gasteiger partial charge in [-0.1, -0.05) is 25.1 Å². The van der Waals surface area contributed by atoms with E-state index in [1.807, 2.05) is 13.0 Å². The summed E-state index contributed by atoms with van der Waals surface area (Å²) in [5.41, 5.74) is 0.703. The third-order valence-corrected chi connectivity index (χ3v) is 2.31. The van der Waals surface area contributed by atoms with Gasteiger partial charge in [0.1, 0.15) is 5.82 Å². The van der Waals surface area contributed by atoms with Crippen molar-refractivity contribution in [1.82, 2.24) is 5.32 Å². The molecule has 1 atom stereocenters. The van der Waals surface area contributed by atoms with Gasteiger partial charge in [-0.05, 0) is 19.0 Å². The molecule has 0 aliphatic heterocycles. The number of terminal acetylenes is 1. The third kappa shape index (κ3) is 3.38. The zero-order valence-electron chi connectivity index (χ0n) is 8.96. The van der Waals surface area contributed by atoms with Crippen LogP contribution in [0.15, 0.2) is 24.3 Å². The lowest BCUT2D eigenvalue weighted by molar-refractivity contribution is 0.490. The highest BCUT2D eigenvalue weighted by atomic mass is 19.1. The fourth-order valence-electron chi connectivity index (χ4n) is 1.60. The first-order chi connectivity index (χ1) is 7.29. The van der Waals surface area contributed by atoms with Gasteiger partial charge in [0.15, 0.2) is 0 Å². The summed E-state index contributed by atoms with van der Waals surface area (Å²) >= 11 is 0. The molecular formula is C13H16FN. The number of rotatable bonds is 5. The Morgan fingerprint density at radius 3 is 2.80 bits per heavy atom. The Labute approximate surface area is 90.7 Å². The van der Waals surface area contributed by atoms with Crippen LogP contribution >= 0.6 is 0 Å². The summed E-state index contributed by atoms with van der Waals surface area (Å²) in [6.07, 6.45) is 6.65. The number of benzene rings is 1. The quantitative estimate of drug-likeness (QED) is 0.729. The first kappa shape index (κ1) is 11.7. The van der Waals surface area contributed by atoms with Crippen molar-refractivity contribution in [2.75, 3.05) is 6.54 Å². The van der Waals surface area contributed by atoms with Crippen LogP contribution < -0.4 is 5.32 Å². The molecular weight excluding hydrogens is 189 g/mol. The van der Waals surface area contributed by atoms with Crippen molar-refractivity contribution in [3.63, 3.8) is 0 Å². The maximum absolute atomic E-state index is 13.5. The molecule has 0 saturated carbocycles. The van der Waals surface area contributed by atoms with Gasteiger partial charge in [0.2, 0.25) is 0 Å². The molecule has 0 amide bonds. The average molecular weight is 205 g/mol. The second-order valence-corrected chi connectivity index (χ2v) is 3.37. The number of nitrogens with one attached hydrogen (secondary N) is 1. The van der Waals surface area contributed by atoms with Gasteiger partial charge in [0.05, 0.1) is 0 Å². The van der Waals surface area contributed by atoms with Crippen molar-refractivity contribution in [3.8, 4) is 12.3 Å². The molecule has 0 spiro atoms. The molecule has 1 rings (SSSR count). The van der Waals surface area contributed by atoms with Gasteiger partial charge in [0, 0.05) is 18.0 Å². The van der Waals surface area contributed by atoms with Crippen LogP contribution in [0.1, 0.15) is 31.4 Å². The smallest absolute Gasteiger partial charge is 0.127 e. The van der Waals surface area contributed by atoms with E-state index in [-0.39, 0.29) is 11.9 Å². The second-order valence-electron chi connectivity index (χ2n) is 3.37. The Bertz CT molecular complexity index is 341. The Morgan fingerprint density at radius 1 is 1.47 bits per heavy atom. The van der Waals surface area contributed by atoms with Gasteiger partial charge in [-0.2, -0.15) is 0 Å². The molecule has 0 bridgehead atoms. The van der Waals surface area contributed by atoms with Crippen LogP contribution in [0.3, 0.4) is 0 Å². The van der Waals surface area contributed by atoms with Gasteiger partial charge in [-0.25, -0.2) is 4.39 Å². The summed E-state index contributed by atoms with van der Waals surface area (Å²) in [6.45, 7) is 2.81. The minimum Gasteiger partial charge on any atom is -0.310 e. The topological polar surface area (TPSA) is 12.0 Å². The van der Waals surface area contributed by atoms with Crippen LogP contribution in [0.4, 0.5) is 4.39 Å². The standard InChI is InChI=1S/C13H16FN/c1-3-5-10-13(15-4-2)11-8-6-7-9-12(11)14/h1,6-9,13,15H,4-5,10H2,2H3. The van der Waals surface area contributed by atoms with Crippen LogP contribution in [-0.2, 0) is 0 Å². The zero-order chi connectivity index (χ0) is 11.1. The number of hydrogen-bond acceptors (Lipinski definition) is 1. The van der Waals surface area contributed by atoms with Crippen LogP contribution in [0.25, 0.3) is 0 Å². The minimum absolute atomic E-state index is 0.0206. The predicted molar refractivity (Wildman–Crippen MR) is 60.9 cm³/mol. The van der Waals surface area contributed by atoms with Gasteiger partial charge in [0.25, 0.3) is 0 Å². The molecule has 15 heavy (non-hydrogen) atoms. The molecule has 2 heteroatoms. The lowest BCUT2D eigenvalue weighted by Crippen LogP contribution is -2.21. The lowest BCUT2D eigenvalue weighted by Gasteiger charge is -2.17. The molecule has 0 aliphatic carbocycles. The van der Waals surface area contributed by atoms with Crippen molar-refractivity contribution < 1.29 is 4.39 Å². The zero-order valence-corrected chi connectivity index (χ0v) is 8.96. The van der Waals surface area contributed by atoms with E-state index in [1.54, 1.807) is 12.1 Å². The highest BCUT2D eigenvalue weighted by molar-refractivity contribution is 5.21. The Kier molecular flexibility index (Phi) is 4.86. The SMILES string of the molecule is C#CCCC(NCC)c1ccccc1F. The van der Waals surface area contributed by atoms with Gasteiger partial charge in [-0.3, -0.25) is 0 Å². The van der Waals surface area contributed by atoms with E-state index in [0.717, 1.165) is 13.0 Å². The van der Waals surface area contributed by atoms with E-state index in [1.165, 1.54) is 6.07 Å². The first-order valence-electron chi connectivity index (χ1n) is 5.20. The van der Waals surface area contributed by atoms with E-state index >= 15 is 0 Å². The molecule has 0 aliphatic rings. The van der Waals surface area contributed by atoms with Crippen LogP contribution in [0, 0.1) is 18.2 Å². The number of halogens is 1. The Morgan fingerprint density at radius 2 is 2.20 bits per heavy atom. The van der Waals surface area contributed by atoms with Gasteiger partial charge < -0.3 is 5.32 Å². The molecule has 0 saturated heterocycles. The van der Waals surface area contributed by atoms with E-state index in [2.05, 4.69) is 11.2 Å². The highest BCUT2D eigenvalue weighted by Gasteiger charge is 2.12. The van der Waals surface area contributed by atoms with Gasteiger partial charge >= 0.3 is 0 Å². The summed E-state index contributed by atoms with van der Waals surface area (Å²) in [4.78, 5) is 0. The van der Waals surface area contributed by atoms with E-state index in [0.29, 0.717) is 12.0 Å².